The van der Waals surface area contributed by atoms with E-state index in [4.69, 9.17) is 4.52 Å². The summed E-state index contributed by atoms with van der Waals surface area (Å²) in [7, 11) is 0. The Bertz CT molecular complexity index is 445. The zero-order chi connectivity index (χ0) is 10.7. The first-order valence-corrected chi connectivity index (χ1v) is 4.77. The second kappa shape index (κ2) is 4.08. The summed E-state index contributed by atoms with van der Waals surface area (Å²) in [5.41, 5.74) is 0.786. The summed E-state index contributed by atoms with van der Waals surface area (Å²) in [4.78, 5) is 18.2. The molecule has 0 radical (unpaired) electrons. The van der Waals surface area contributed by atoms with Gasteiger partial charge in [-0.2, -0.15) is 4.98 Å². The maximum Gasteiger partial charge on any atom is 0.234 e. The molecule has 5 nitrogen and oxygen atoms in total. The van der Waals surface area contributed by atoms with Gasteiger partial charge in [-0.3, -0.25) is 4.79 Å². The topological polar surface area (TPSA) is 71.8 Å². The highest BCUT2D eigenvalue weighted by Gasteiger charge is 2.11. The third-order valence-electron chi connectivity index (χ3n) is 2.05. The van der Waals surface area contributed by atoms with Crippen LogP contribution < -0.4 is 0 Å². The number of Topliss-reactive ketones (excluding diaryl/α,β-unsaturated/α-hetero) is 1. The highest BCUT2D eigenvalue weighted by molar-refractivity contribution is 5.79. The van der Waals surface area contributed by atoms with Crippen molar-refractivity contribution in [2.24, 2.45) is 0 Å². The Hall–Kier alpha value is -1.91. The number of aromatic nitrogens is 3. The molecule has 0 amide bonds. The average molecular weight is 205 g/mol. The minimum absolute atomic E-state index is 0.0942. The third kappa shape index (κ3) is 2.12. The minimum atomic E-state index is 0.0942. The van der Waals surface area contributed by atoms with E-state index in [1.807, 2.05) is 19.1 Å². The zero-order valence-corrected chi connectivity index (χ0v) is 8.36. The molecule has 0 spiro atoms. The van der Waals surface area contributed by atoms with Gasteiger partial charge in [-0.05, 0) is 12.1 Å². The number of ketones is 1. The van der Waals surface area contributed by atoms with Crippen molar-refractivity contribution >= 4 is 5.78 Å². The van der Waals surface area contributed by atoms with Gasteiger partial charge in [0.1, 0.15) is 5.78 Å². The molecule has 15 heavy (non-hydrogen) atoms. The first kappa shape index (κ1) is 9.64. The number of carbonyl (C=O) groups excluding carboxylic acids is 1. The fourth-order valence-corrected chi connectivity index (χ4v) is 1.20. The molecular formula is C10H11N3O2. The van der Waals surface area contributed by atoms with Crippen molar-refractivity contribution in [1.29, 1.82) is 0 Å². The number of nitrogens with one attached hydrogen (secondary N) is 1. The minimum Gasteiger partial charge on any atom is -0.359 e. The summed E-state index contributed by atoms with van der Waals surface area (Å²) in [5.74, 6) is 0.946. The van der Waals surface area contributed by atoms with Gasteiger partial charge in [0.15, 0.2) is 0 Å². The summed E-state index contributed by atoms with van der Waals surface area (Å²) < 4.78 is 4.96. The van der Waals surface area contributed by atoms with E-state index in [1.165, 1.54) is 0 Å². The SMILES string of the molecule is CCC(=O)Cc1nc(-c2ccc[nH]2)no1. The molecule has 0 aliphatic rings. The van der Waals surface area contributed by atoms with E-state index in [1.54, 1.807) is 6.20 Å². The van der Waals surface area contributed by atoms with Crippen LogP contribution >= 0.6 is 0 Å². The van der Waals surface area contributed by atoms with Crippen LogP contribution in [0.25, 0.3) is 11.5 Å². The van der Waals surface area contributed by atoms with Gasteiger partial charge in [-0.25, -0.2) is 0 Å². The maximum atomic E-state index is 11.1. The van der Waals surface area contributed by atoms with Gasteiger partial charge < -0.3 is 9.51 Å². The number of H-pyrrole nitrogens is 1. The molecule has 1 N–H and O–H groups in total. The van der Waals surface area contributed by atoms with Gasteiger partial charge in [0, 0.05) is 12.6 Å². The molecule has 0 aromatic carbocycles. The lowest BCUT2D eigenvalue weighted by molar-refractivity contribution is -0.118. The molecule has 2 aromatic rings. The number of hydrogen-bond acceptors (Lipinski definition) is 4. The Morgan fingerprint density at radius 3 is 3.13 bits per heavy atom. The number of aromatic amines is 1. The first-order chi connectivity index (χ1) is 7.29. The molecule has 2 heterocycles. The molecule has 2 aromatic heterocycles. The van der Waals surface area contributed by atoms with Crippen molar-refractivity contribution < 1.29 is 9.32 Å². The van der Waals surface area contributed by atoms with E-state index in [2.05, 4.69) is 15.1 Å². The first-order valence-electron chi connectivity index (χ1n) is 4.77. The van der Waals surface area contributed by atoms with E-state index < -0.39 is 0 Å². The smallest absolute Gasteiger partial charge is 0.234 e. The number of hydrogen-bond donors (Lipinski definition) is 1. The van der Waals surface area contributed by atoms with E-state index in [0.717, 1.165) is 5.69 Å². The van der Waals surface area contributed by atoms with E-state index in [0.29, 0.717) is 18.1 Å². The predicted molar refractivity (Wildman–Crippen MR) is 53.1 cm³/mol. The van der Waals surface area contributed by atoms with Crippen LogP contribution in [0.5, 0.6) is 0 Å². The van der Waals surface area contributed by atoms with Gasteiger partial charge in [-0.15, -0.1) is 0 Å². The molecular weight excluding hydrogens is 194 g/mol. The summed E-state index contributed by atoms with van der Waals surface area (Å²) in [6.07, 6.45) is 2.48. The van der Waals surface area contributed by atoms with Crippen molar-refractivity contribution in [2.75, 3.05) is 0 Å². The number of nitrogens with zero attached hydrogens (tertiary/aromatic N) is 2. The van der Waals surface area contributed by atoms with Gasteiger partial charge in [0.25, 0.3) is 0 Å². The van der Waals surface area contributed by atoms with Gasteiger partial charge in [0.05, 0.1) is 12.1 Å². The lowest BCUT2D eigenvalue weighted by Gasteiger charge is -1.88. The quantitative estimate of drug-likeness (QED) is 0.822. The second-order valence-corrected chi connectivity index (χ2v) is 3.16. The second-order valence-electron chi connectivity index (χ2n) is 3.16. The van der Waals surface area contributed by atoms with Crippen molar-refractivity contribution in [3.63, 3.8) is 0 Å². The molecule has 5 heteroatoms. The van der Waals surface area contributed by atoms with Crippen LogP contribution in [0.4, 0.5) is 0 Å². The number of carbonyl (C=O) groups is 1. The summed E-state index contributed by atoms with van der Waals surface area (Å²) in [6, 6.07) is 3.69. The number of rotatable bonds is 4. The fraction of sp³-hybridized carbons (Fsp3) is 0.300. The van der Waals surface area contributed by atoms with Crippen LogP contribution in [0, 0.1) is 0 Å². The monoisotopic (exact) mass is 205 g/mol. The van der Waals surface area contributed by atoms with Gasteiger partial charge >= 0.3 is 0 Å². The Labute approximate surface area is 86.5 Å². The van der Waals surface area contributed by atoms with E-state index >= 15 is 0 Å². The third-order valence-corrected chi connectivity index (χ3v) is 2.05. The maximum absolute atomic E-state index is 11.1. The largest absolute Gasteiger partial charge is 0.359 e. The summed E-state index contributed by atoms with van der Waals surface area (Å²) in [5, 5.41) is 3.78. The normalized spacial score (nSPS) is 10.5. The molecule has 0 saturated heterocycles. The van der Waals surface area contributed by atoms with Crippen molar-refractivity contribution in [1.82, 2.24) is 15.1 Å². The van der Waals surface area contributed by atoms with Crippen LogP contribution in [-0.2, 0) is 11.2 Å². The molecule has 0 atom stereocenters. The van der Waals surface area contributed by atoms with Gasteiger partial charge in [0.2, 0.25) is 11.7 Å². The lowest BCUT2D eigenvalue weighted by atomic mass is 10.2. The van der Waals surface area contributed by atoms with Crippen LogP contribution in [0.3, 0.4) is 0 Å². The van der Waals surface area contributed by atoms with Crippen LogP contribution in [0.2, 0.25) is 0 Å². The van der Waals surface area contributed by atoms with E-state index in [9.17, 15) is 4.79 Å². The molecule has 0 aliphatic heterocycles. The Kier molecular flexibility index (Phi) is 2.62. The molecule has 0 bridgehead atoms. The summed E-state index contributed by atoms with van der Waals surface area (Å²) in [6.45, 7) is 1.81. The van der Waals surface area contributed by atoms with Crippen molar-refractivity contribution in [3.05, 3.63) is 24.2 Å². The lowest BCUT2D eigenvalue weighted by Crippen LogP contribution is -2.00. The molecule has 0 aliphatic carbocycles. The molecule has 78 valence electrons. The molecule has 0 saturated carbocycles. The fourth-order valence-electron chi connectivity index (χ4n) is 1.20. The highest BCUT2D eigenvalue weighted by atomic mass is 16.5. The Morgan fingerprint density at radius 2 is 2.47 bits per heavy atom. The summed E-state index contributed by atoms with van der Waals surface area (Å²) >= 11 is 0. The predicted octanol–water partition coefficient (Wildman–Crippen LogP) is 1.59. The molecule has 0 unspecified atom stereocenters. The van der Waals surface area contributed by atoms with Crippen LogP contribution in [0.15, 0.2) is 22.9 Å². The van der Waals surface area contributed by atoms with Crippen molar-refractivity contribution in [2.45, 2.75) is 19.8 Å². The molecule has 0 fully saturated rings. The van der Waals surface area contributed by atoms with Crippen LogP contribution in [0.1, 0.15) is 19.2 Å². The average Bonchev–Trinajstić information content (AvgIpc) is 2.85. The zero-order valence-electron chi connectivity index (χ0n) is 8.36. The standard InChI is InChI=1S/C10H11N3O2/c1-2-7(14)6-9-12-10(13-15-9)8-4-3-5-11-8/h3-5,11H,2,6H2,1H3. The Balaban J connectivity index is 2.14. The Morgan fingerprint density at radius 1 is 1.60 bits per heavy atom. The van der Waals surface area contributed by atoms with E-state index in [-0.39, 0.29) is 12.2 Å². The van der Waals surface area contributed by atoms with Crippen molar-refractivity contribution in [3.8, 4) is 11.5 Å². The van der Waals surface area contributed by atoms with Crippen LogP contribution in [-0.4, -0.2) is 20.9 Å². The molecule has 2 rings (SSSR count). The highest BCUT2D eigenvalue weighted by Crippen LogP contribution is 2.12. The van der Waals surface area contributed by atoms with Gasteiger partial charge in [-0.1, -0.05) is 12.1 Å².